The highest BCUT2D eigenvalue weighted by Crippen LogP contribution is 2.27. The molecule has 0 spiro atoms. The van der Waals surface area contributed by atoms with E-state index in [1.807, 2.05) is 31.2 Å². The number of hydrogen-bond donors (Lipinski definition) is 2. The summed E-state index contributed by atoms with van der Waals surface area (Å²) in [6.07, 6.45) is 0.871. The summed E-state index contributed by atoms with van der Waals surface area (Å²) in [7, 11) is 0. The minimum Gasteiger partial charge on any atom is -0.478 e. The molecule has 0 heterocycles. The highest BCUT2D eigenvalue weighted by molar-refractivity contribution is 9.10. The van der Waals surface area contributed by atoms with Gasteiger partial charge in [0.2, 0.25) is 0 Å². The fraction of sp³-hybridized carbons (Fsp3) is 0.188. The van der Waals surface area contributed by atoms with Crippen LogP contribution in [-0.4, -0.2) is 11.1 Å². The van der Waals surface area contributed by atoms with Crippen LogP contribution in [0.3, 0.4) is 0 Å². The van der Waals surface area contributed by atoms with E-state index in [-0.39, 0.29) is 5.56 Å². The molecular weight excluding hydrogens is 318 g/mol. The van der Waals surface area contributed by atoms with E-state index in [2.05, 4.69) is 28.2 Å². The zero-order valence-electron chi connectivity index (χ0n) is 11.4. The maximum absolute atomic E-state index is 11.3. The molecule has 2 N–H and O–H groups in total. The second kappa shape index (κ2) is 6.09. The summed E-state index contributed by atoms with van der Waals surface area (Å²) in [4.78, 5) is 11.3. The molecule has 0 unspecified atom stereocenters. The number of halogens is 1. The van der Waals surface area contributed by atoms with Crippen LogP contribution in [0.15, 0.2) is 40.9 Å². The zero-order valence-corrected chi connectivity index (χ0v) is 13.0. The molecule has 0 amide bonds. The van der Waals surface area contributed by atoms with E-state index >= 15 is 0 Å². The van der Waals surface area contributed by atoms with Crippen LogP contribution in [0.5, 0.6) is 0 Å². The molecule has 0 radical (unpaired) electrons. The van der Waals surface area contributed by atoms with Crippen molar-refractivity contribution in [1.82, 2.24) is 0 Å². The van der Waals surface area contributed by atoms with Crippen molar-refractivity contribution in [2.75, 3.05) is 5.32 Å². The summed E-state index contributed by atoms with van der Waals surface area (Å²) in [5.41, 5.74) is 3.90. The highest BCUT2D eigenvalue weighted by Gasteiger charge is 2.11. The molecule has 0 saturated carbocycles. The number of carbonyl (C=O) groups is 1. The van der Waals surface area contributed by atoms with E-state index in [4.69, 9.17) is 0 Å². The molecule has 0 aliphatic heterocycles. The Morgan fingerprint density at radius 3 is 2.55 bits per heavy atom. The summed E-state index contributed by atoms with van der Waals surface area (Å²) in [5.74, 6) is -0.925. The van der Waals surface area contributed by atoms with Crippen LogP contribution >= 0.6 is 15.9 Å². The molecule has 104 valence electrons. The second-order valence-corrected chi connectivity index (χ2v) is 5.55. The number of rotatable bonds is 4. The van der Waals surface area contributed by atoms with Gasteiger partial charge in [-0.3, -0.25) is 0 Å². The Hall–Kier alpha value is -1.81. The van der Waals surface area contributed by atoms with Gasteiger partial charge >= 0.3 is 5.97 Å². The Kier molecular flexibility index (Phi) is 4.45. The predicted molar refractivity (Wildman–Crippen MR) is 84.9 cm³/mol. The van der Waals surface area contributed by atoms with Crippen molar-refractivity contribution < 1.29 is 9.90 Å². The molecule has 0 fully saturated rings. The summed E-state index contributed by atoms with van der Waals surface area (Å²) >= 11 is 3.45. The molecule has 0 saturated heterocycles. The Bertz CT molecular complexity index is 653. The Morgan fingerprint density at radius 1 is 1.20 bits per heavy atom. The molecule has 0 aliphatic carbocycles. The lowest BCUT2D eigenvalue weighted by Gasteiger charge is -2.14. The van der Waals surface area contributed by atoms with E-state index in [0.29, 0.717) is 5.69 Å². The summed E-state index contributed by atoms with van der Waals surface area (Å²) in [6.45, 7) is 3.95. The van der Waals surface area contributed by atoms with Gasteiger partial charge in [0.15, 0.2) is 0 Å². The number of carboxylic acid groups (broad SMARTS) is 1. The van der Waals surface area contributed by atoms with E-state index in [1.54, 1.807) is 12.1 Å². The molecule has 0 atom stereocenters. The Labute approximate surface area is 126 Å². The third-order valence-electron chi connectivity index (χ3n) is 3.12. The maximum atomic E-state index is 11.3. The molecule has 0 aliphatic rings. The van der Waals surface area contributed by atoms with Crippen LogP contribution in [-0.2, 0) is 6.42 Å². The average molecular weight is 334 g/mol. The van der Waals surface area contributed by atoms with Crippen molar-refractivity contribution >= 4 is 33.3 Å². The lowest BCUT2D eigenvalue weighted by molar-refractivity contribution is 0.0698. The van der Waals surface area contributed by atoms with Gasteiger partial charge in [-0.15, -0.1) is 0 Å². The van der Waals surface area contributed by atoms with Crippen LogP contribution in [0, 0.1) is 6.92 Å². The van der Waals surface area contributed by atoms with Gasteiger partial charge in [0, 0.05) is 10.2 Å². The smallest absolute Gasteiger partial charge is 0.337 e. The first kappa shape index (κ1) is 14.6. The molecular formula is C16H16BrNO2. The zero-order chi connectivity index (χ0) is 14.7. The number of benzene rings is 2. The quantitative estimate of drug-likeness (QED) is 0.847. The summed E-state index contributed by atoms with van der Waals surface area (Å²) < 4.78 is 1.02. The number of anilines is 2. The van der Waals surface area contributed by atoms with Crippen molar-refractivity contribution in [2.45, 2.75) is 20.3 Å². The van der Waals surface area contributed by atoms with Gasteiger partial charge in [-0.2, -0.15) is 0 Å². The molecule has 2 aromatic rings. The van der Waals surface area contributed by atoms with Crippen molar-refractivity contribution in [3.63, 3.8) is 0 Å². The molecule has 2 aromatic carbocycles. The largest absolute Gasteiger partial charge is 0.478 e. The van der Waals surface area contributed by atoms with Crippen molar-refractivity contribution in [2.24, 2.45) is 0 Å². The predicted octanol–water partition coefficient (Wildman–Crippen LogP) is 4.76. The van der Waals surface area contributed by atoms with Gasteiger partial charge < -0.3 is 10.4 Å². The van der Waals surface area contributed by atoms with E-state index in [1.165, 1.54) is 0 Å². The molecule has 0 aromatic heterocycles. The highest BCUT2D eigenvalue weighted by atomic mass is 79.9. The van der Waals surface area contributed by atoms with Gasteiger partial charge in [0.25, 0.3) is 0 Å². The monoisotopic (exact) mass is 333 g/mol. The molecule has 20 heavy (non-hydrogen) atoms. The van der Waals surface area contributed by atoms with Crippen LogP contribution in [0.2, 0.25) is 0 Å². The summed E-state index contributed by atoms with van der Waals surface area (Å²) in [6, 6.07) is 11.3. The second-order valence-electron chi connectivity index (χ2n) is 4.63. The minimum absolute atomic E-state index is 0.287. The minimum atomic E-state index is -0.925. The number of hydrogen-bond acceptors (Lipinski definition) is 2. The average Bonchev–Trinajstić information content (AvgIpc) is 2.42. The van der Waals surface area contributed by atoms with Gasteiger partial charge in [-0.05, 0) is 49.2 Å². The number of aryl methyl sites for hydroxylation is 2. The van der Waals surface area contributed by atoms with Crippen molar-refractivity contribution in [3.8, 4) is 0 Å². The van der Waals surface area contributed by atoms with Gasteiger partial charge in [0.1, 0.15) is 0 Å². The fourth-order valence-corrected chi connectivity index (χ4v) is 2.47. The van der Waals surface area contributed by atoms with E-state index in [9.17, 15) is 9.90 Å². The van der Waals surface area contributed by atoms with E-state index in [0.717, 1.165) is 27.7 Å². The first-order valence-electron chi connectivity index (χ1n) is 6.40. The Morgan fingerprint density at radius 2 is 1.90 bits per heavy atom. The molecule has 0 bridgehead atoms. The van der Waals surface area contributed by atoms with Crippen molar-refractivity contribution in [1.29, 1.82) is 0 Å². The SMILES string of the molecule is CCc1cc(Br)ccc1Nc1ccc(C)cc1C(=O)O. The number of carboxylic acids is 1. The number of aromatic carboxylic acids is 1. The Balaban J connectivity index is 2.42. The van der Waals surface area contributed by atoms with Gasteiger partial charge in [0.05, 0.1) is 11.3 Å². The molecule has 4 heteroatoms. The third kappa shape index (κ3) is 3.20. The molecule has 3 nitrogen and oxygen atoms in total. The number of nitrogens with one attached hydrogen (secondary N) is 1. The van der Waals surface area contributed by atoms with Crippen molar-refractivity contribution in [3.05, 3.63) is 57.6 Å². The lowest BCUT2D eigenvalue weighted by atomic mass is 10.1. The van der Waals surface area contributed by atoms with Crippen LogP contribution in [0.4, 0.5) is 11.4 Å². The third-order valence-corrected chi connectivity index (χ3v) is 3.62. The lowest BCUT2D eigenvalue weighted by Crippen LogP contribution is -2.04. The maximum Gasteiger partial charge on any atom is 0.337 e. The van der Waals surface area contributed by atoms with Gasteiger partial charge in [-0.25, -0.2) is 4.79 Å². The van der Waals surface area contributed by atoms with E-state index < -0.39 is 5.97 Å². The first-order chi connectivity index (χ1) is 9.51. The fourth-order valence-electron chi connectivity index (χ4n) is 2.07. The van der Waals surface area contributed by atoms with Crippen LogP contribution < -0.4 is 5.32 Å². The first-order valence-corrected chi connectivity index (χ1v) is 7.20. The summed E-state index contributed by atoms with van der Waals surface area (Å²) in [5, 5.41) is 12.5. The van der Waals surface area contributed by atoms with Gasteiger partial charge in [-0.1, -0.05) is 34.5 Å². The topological polar surface area (TPSA) is 49.3 Å². The molecule has 2 rings (SSSR count). The standard InChI is InChI=1S/C16H16BrNO2/c1-3-11-9-12(17)5-7-14(11)18-15-6-4-10(2)8-13(15)16(19)20/h4-9,18H,3H2,1-2H3,(H,19,20). The van der Waals surface area contributed by atoms with Crippen LogP contribution in [0.25, 0.3) is 0 Å². The normalized spacial score (nSPS) is 10.3. The van der Waals surface area contributed by atoms with Crippen LogP contribution in [0.1, 0.15) is 28.4 Å².